The number of hydrogen-bond acceptors (Lipinski definition) is 8. The minimum atomic E-state index is -4.30. The van der Waals surface area contributed by atoms with Gasteiger partial charge in [0.2, 0.25) is 5.69 Å². The molecule has 0 bridgehead atoms. The third kappa shape index (κ3) is 10.9. The zero-order valence-corrected chi connectivity index (χ0v) is 34.2. The van der Waals surface area contributed by atoms with E-state index >= 15 is 0 Å². The summed E-state index contributed by atoms with van der Waals surface area (Å²) < 4.78 is 69.1. The van der Waals surface area contributed by atoms with Crippen molar-refractivity contribution < 1.29 is 64.9 Å². The Morgan fingerprint density at radius 3 is 2.17 bits per heavy atom. The SMILES string of the molecule is C#CCNC(=O)c1ccc2c(c1)C(C)(C)\C(=C/C=C/C=C/C=C/C1=[N+](CCCCS(=O)(=O)[O-])c3ccccc3C1(C)C)N2CCCCS(=O)(=O)[O-].[Na+]. The summed E-state index contributed by atoms with van der Waals surface area (Å²) in [4.78, 5) is 14.8. The molecule has 272 valence electrons. The summed E-state index contributed by atoms with van der Waals surface area (Å²) in [5, 5.41) is 2.70. The number of terminal acetylenes is 1. The molecule has 0 radical (unpaired) electrons. The van der Waals surface area contributed by atoms with Crippen molar-refractivity contribution in [1.29, 1.82) is 0 Å². The molecule has 1 N–H and O–H groups in total. The molecule has 0 aromatic heterocycles. The molecule has 0 aliphatic carbocycles. The summed E-state index contributed by atoms with van der Waals surface area (Å²) in [6.07, 6.45) is 20.6. The Hall–Kier alpha value is -3.28. The number of allylic oxidation sites excluding steroid dienone is 8. The predicted octanol–water partition coefficient (Wildman–Crippen LogP) is 2.43. The summed E-state index contributed by atoms with van der Waals surface area (Å²) in [5.74, 6) is 1.34. The first-order valence-corrected chi connectivity index (χ1v) is 20.1. The summed E-state index contributed by atoms with van der Waals surface area (Å²) >= 11 is 0. The number of hydrogen-bond donors (Lipinski definition) is 1. The van der Waals surface area contributed by atoms with Gasteiger partial charge in [-0.2, -0.15) is 4.58 Å². The van der Waals surface area contributed by atoms with Crippen LogP contribution in [-0.2, 0) is 31.1 Å². The van der Waals surface area contributed by atoms with Crippen LogP contribution in [0.15, 0.2) is 90.7 Å². The minimum absolute atomic E-state index is 0. The van der Waals surface area contributed by atoms with E-state index in [9.17, 15) is 30.7 Å². The standard InChI is InChI=1S/C39H47N3O7S2.Na/c1-6-24-40-37(43)30-22-23-34-32(29-30)39(4,5)36(42(34)26-15-17-28-51(47,48)49)21-11-9-7-8-10-20-35-38(2,3)31-18-12-13-19-33(31)41(35)25-14-16-27-50(44,45)46;/h1,7-13,18-23,29H,14-17,24-28H2,2-5H3,(H2-,40,43,44,45,46,47,48,49);/q;+1/p-1. The van der Waals surface area contributed by atoms with E-state index in [0.717, 1.165) is 28.3 Å². The van der Waals surface area contributed by atoms with Crippen LogP contribution in [0.1, 0.15) is 74.9 Å². The van der Waals surface area contributed by atoms with Crippen molar-refractivity contribution in [2.45, 2.75) is 64.2 Å². The molecule has 10 nitrogen and oxygen atoms in total. The first-order chi connectivity index (χ1) is 24.0. The van der Waals surface area contributed by atoms with E-state index in [1.165, 1.54) is 5.56 Å². The van der Waals surface area contributed by atoms with Gasteiger partial charge in [-0.1, -0.05) is 68.3 Å². The Bertz CT molecular complexity index is 2060. The fourth-order valence-corrected chi connectivity index (χ4v) is 7.87. The summed E-state index contributed by atoms with van der Waals surface area (Å²) in [6.45, 7) is 9.65. The maximum atomic E-state index is 12.7. The number of nitrogens with one attached hydrogen (secondary N) is 1. The second kappa shape index (κ2) is 18.2. The van der Waals surface area contributed by atoms with Crippen molar-refractivity contribution in [1.82, 2.24) is 5.32 Å². The molecule has 2 aliphatic rings. The van der Waals surface area contributed by atoms with Gasteiger partial charge in [-0.25, -0.2) is 16.8 Å². The topological polar surface area (TPSA) is 150 Å². The largest absolute Gasteiger partial charge is 1.00 e. The number of para-hydroxylation sites is 1. The number of benzene rings is 2. The molecule has 0 fully saturated rings. The second-order valence-corrected chi connectivity index (χ2v) is 16.7. The Morgan fingerprint density at radius 1 is 0.865 bits per heavy atom. The molecule has 0 saturated carbocycles. The monoisotopic (exact) mass is 755 g/mol. The molecular weight excluding hydrogens is 710 g/mol. The molecular formula is C39H46N3NaO7S2. The molecule has 2 aliphatic heterocycles. The van der Waals surface area contributed by atoms with Crippen LogP contribution in [0.5, 0.6) is 0 Å². The van der Waals surface area contributed by atoms with Gasteiger partial charge in [0.25, 0.3) is 5.91 Å². The van der Waals surface area contributed by atoms with Gasteiger partial charge < -0.3 is 19.3 Å². The van der Waals surface area contributed by atoms with Crippen LogP contribution in [0.4, 0.5) is 11.4 Å². The van der Waals surface area contributed by atoms with E-state index in [2.05, 4.69) is 66.6 Å². The molecule has 2 aromatic carbocycles. The molecule has 4 rings (SSSR count). The van der Waals surface area contributed by atoms with Crippen LogP contribution < -0.4 is 39.8 Å². The third-order valence-corrected chi connectivity index (χ3v) is 10.9. The number of carbonyl (C=O) groups excluding carboxylic acids is 1. The van der Waals surface area contributed by atoms with Gasteiger partial charge in [0.05, 0.1) is 32.2 Å². The van der Waals surface area contributed by atoms with Gasteiger partial charge in [0.1, 0.15) is 6.54 Å². The molecule has 2 aromatic rings. The molecule has 0 saturated heterocycles. The Balaban J connectivity index is 0.00000729. The Morgan fingerprint density at radius 2 is 1.50 bits per heavy atom. The number of unbranched alkanes of at least 4 members (excludes halogenated alkanes) is 2. The van der Waals surface area contributed by atoms with Gasteiger partial charge in [-0.3, -0.25) is 4.79 Å². The first-order valence-electron chi connectivity index (χ1n) is 16.9. The van der Waals surface area contributed by atoms with Crippen molar-refractivity contribution in [3.05, 3.63) is 107 Å². The maximum Gasteiger partial charge on any atom is 1.00 e. The molecule has 2 heterocycles. The second-order valence-electron chi connectivity index (χ2n) is 13.7. The van der Waals surface area contributed by atoms with Crippen molar-refractivity contribution >= 4 is 43.2 Å². The van der Waals surface area contributed by atoms with E-state index in [4.69, 9.17) is 6.42 Å². The first kappa shape index (κ1) is 43.1. The maximum absolute atomic E-state index is 12.7. The van der Waals surface area contributed by atoms with Crippen molar-refractivity contribution in [3.8, 4) is 12.3 Å². The minimum Gasteiger partial charge on any atom is -0.748 e. The van der Waals surface area contributed by atoms with Crippen LogP contribution in [-0.4, -0.2) is 73.3 Å². The summed E-state index contributed by atoms with van der Waals surface area (Å²) in [5.41, 5.74) is 5.86. The number of fused-ring (bicyclic) bond motifs is 2. The smallest absolute Gasteiger partial charge is 0.748 e. The van der Waals surface area contributed by atoms with Gasteiger partial charge in [0, 0.05) is 64.5 Å². The predicted molar refractivity (Wildman–Crippen MR) is 200 cm³/mol. The van der Waals surface area contributed by atoms with Gasteiger partial charge >= 0.3 is 29.6 Å². The van der Waals surface area contributed by atoms with Crippen molar-refractivity contribution in [2.75, 3.05) is 36.0 Å². The number of carbonyl (C=O) groups is 1. The van der Waals surface area contributed by atoms with E-state index in [1.54, 1.807) is 6.07 Å². The summed E-state index contributed by atoms with van der Waals surface area (Å²) in [7, 11) is -8.56. The number of rotatable bonds is 16. The zero-order chi connectivity index (χ0) is 37.5. The average molecular weight is 756 g/mol. The van der Waals surface area contributed by atoms with E-state index < -0.39 is 31.4 Å². The van der Waals surface area contributed by atoms with E-state index in [-0.39, 0.29) is 59.6 Å². The normalized spacial score (nSPS) is 17.2. The zero-order valence-electron chi connectivity index (χ0n) is 30.6. The van der Waals surface area contributed by atoms with Crippen molar-refractivity contribution in [2.24, 2.45) is 0 Å². The average Bonchev–Trinajstić information content (AvgIpc) is 3.40. The van der Waals surface area contributed by atoms with Gasteiger partial charge in [-0.15, -0.1) is 6.42 Å². The van der Waals surface area contributed by atoms with Crippen molar-refractivity contribution in [3.63, 3.8) is 0 Å². The summed E-state index contributed by atoms with van der Waals surface area (Å²) in [6, 6.07) is 13.6. The number of nitrogens with zero attached hydrogens (tertiary/aromatic N) is 2. The van der Waals surface area contributed by atoms with E-state index in [0.29, 0.717) is 37.9 Å². The number of amides is 1. The molecule has 1 amide bonds. The van der Waals surface area contributed by atoms with E-state index in [1.807, 2.05) is 60.7 Å². The van der Waals surface area contributed by atoms with Gasteiger partial charge in [0.15, 0.2) is 5.71 Å². The van der Waals surface area contributed by atoms with Crippen LogP contribution in [0.2, 0.25) is 0 Å². The fraction of sp³-hybridized carbons (Fsp3) is 0.385. The number of anilines is 1. The molecule has 0 atom stereocenters. The third-order valence-electron chi connectivity index (χ3n) is 9.31. The van der Waals surface area contributed by atoms with Crippen LogP contribution in [0, 0.1) is 12.3 Å². The molecule has 52 heavy (non-hydrogen) atoms. The van der Waals surface area contributed by atoms with Gasteiger partial charge in [-0.05, 0) is 62.9 Å². The Labute approximate surface area is 331 Å². The molecule has 13 heteroatoms. The molecule has 0 unspecified atom stereocenters. The molecule has 0 spiro atoms. The quantitative estimate of drug-likeness (QED) is 0.0686. The Kier molecular flexibility index (Phi) is 15.1. The van der Waals surface area contributed by atoms with Crippen LogP contribution >= 0.6 is 0 Å². The van der Waals surface area contributed by atoms with Crippen LogP contribution in [0.25, 0.3) is 0 Å². The fourth-order valence-electron chi connectivity index (χ4n) is 6.76. The van der Waals surface area contributed by atoms with Crippen LogP contribution in [0.3, 0.4) is 0 Å².